The Hall–Kier alpha value is -3.61. The molecule has 3 rings (SSSR count). The molecule has 1 heterocycles. The van der Waals surface area contributed by atoms with Crippen LogP contribution in [0.15, 0.2) is 65.9 Å². The van der Waals surface area contributed by atoms with Crippen molar-refractivity contribution in [2.24, 2.45) is 0 Å². The van der Waals surface area contributed by atoms with Gasteiger partial charge in [0.25, 0.3) is 0 Å². The third-order valence-electron chi connectivity index (χ3n) is 4.19. The van der Waals surface area contributed by atoms with Gasteiger partial charge in [-0.1, -0.05) is 42.5 Å². The fraction of sp³-hybridized carbons (Fsp3) is 0.150. The number of carbonyl (C=O) groups is 3. The highest BCUT2D eigenvalue weighted by Gasteiger charge is 2.32. The summed E-state index contributed by atoms with van der Waals surface area (Å²) in [5, 5.41) is 14.3. The number of carboxylic acids is 1. The van der Waals surface area contributed by atoms with Crippen LogP contribution in [0.25, 0.3) is 0 Å². The Labute approximate surface area is 155 Å². The minimum atomic E-state index is -1.05. The first kappa shape index (κ1) is 18.2. The first-order valence-corrected chi connectivity index (χ1v) is 8.28. The zero-order chi connectivity index (χ0) is 19.4. The van der Waals surface area contributed by atoms with Crippen molar-refractivity contribution < 1.29 is 24.2 Å². The van der Waals surface area contributed by atoms with E-state index in [1.807, 2.05) is 30.3 Å². The second kappa shape index (κ2) is 7.74. The van der Waals surface area contributed by atoms with E-state index >= 15 is 0 Å². The second-order valence-corrected chi connectivity index (χ2v) is 6.06. The van der Waals surface area contributed by atoms with Crippen LogP contribution in [0.5, 0.6) is 0 Å². The molecule has 2 aromatic rings. The third-order valence-corrected chi connectivity index (χ3v) is 4.19. The Morgan fingerprint density at radius 1 is 1.07 bits per heavy atom. The number of rotatable bonds is 5. The van der Waals surface area contributed by atoms with E-state index < -0.39 is 24.0 Å². The van der Waals surface area contributed by atoms with Crippen molar-refractivity contribution in [3.8, 4) is 0 Å². The van der Waals surface area contributed by atoms with Gasteiger partial charge in [0.2, 0.25) is 0 Å². The van der Waals surface area contributed by atoms with E-state index in [0.29, 0.717) is 11.3 Å². The van der Waals surface area contributed by atoms with Gasteiger partial charge in [0.05, 0.1) is 17.2 Å². The predicted octanol–water partition coefficient (Wildman–Crippen LogP) is 2.76. The SMILES string of the molecule is CC1=C(C(=O)OCc2ccccc2)[C@@H](c2ccc(C(=O)O)cc2)NC(=O)N1. The maximum atomic E-state index is 12.7. The average Bonchev–Trinajstić information content (AvgIpc) is 2.66. The van der Waals surface area contributed by atoms with Crippen LogP contribution in [0.2, 0.25) is 0 Å². The molecule has 7 nitrogen and oxygen atoms in total. The molecule has 0 saturated heterocycles. The van der Waals surface area contributed by atoms with Gasteiger partial charge >= 0.3 is 18.0 Å². The number of allylic oxidation sites excluding steroid dienone is 1. The van der Waals surface area contributed by atoms with Gasteiger partial charge in [-0.3, -0.25) is 0 Å². The number of nitrogens with one attached hydrogen (secondary N) is 2. The van der Waals surface area contributed by atoms with Crippen LogP contribution in [0.3, 0.4) is 0 Å². The maximum Gasteiger partial charge on any atom is 0.338 e. The number of urea groups is 1. The smallest absolute Gasteiger partial charge is 0.338 e. The lowest BCUT2D eigenvalue weighted by molar-refractivity contribution is -0.140. The van der Waals surface area contributed by atoms with Gasteiger partial charge in [0.1, 0.15) is 6.61 Å². The highest BCUT2D eigenvalue weighted by atomic mass is 16.5. The quantitative estimate of drug-likeness (QED) is 0.706. The van der Waals surface area contributed by atoms with Crippen molar-refractivity contribution >= 4 is 18.0 Å². The summed E-state index contributed by atoms with van der Waals surface area (Å²) in [4.78, 5) is 35.6. The normalized spacial score (nSPS) is 16.3. The van der Waals surface area contributed by atoms with Crippen molar-refractivity contribution in [1.29, 1.82) is 0 Å². The molecule has 0 spiro atoms. The van der Waals surface area contributed by atoms with Crippen LogP contribution in [0.4, 0.5) is 4.79 Å². The molecule has 2 amide bonds. The molecule has 0 aromatic heterocycles. The van der Waals surface area contributed by atoms with E-state index in [0.717, 1.165) is 5.56 Å². The second-order valence-electron chi connectivity index (χ2n) is 6.06. The Morgan fingerprint density at radius 2 is 1.74 bits per heavy atom. The first-order chi connectivity index (χ1) is 13.0. The molecule has 1 aliphatic rings. The number of amides is 2. The lowest BCUT2D eigenvalue weighted by Gasteiger charge is -2.28. The molecule has 0 saturated carbocycles. The van der Waals surface area contributed by atoms with Crippen LogP contribution < -0.4 is 10.6 Å². The summed E-state index contributed by atoms with van der Waals surface area (Å²) in [6.07, 6.45) is 0. The molecule has 1 atom stereocenters. The average molecular weight is 366 g/mol. The zero-order valence-electron chi connectivity index (χ0n) is 14.6. The number of aromatic carboxylic acids is 1. The standard InChI is InChI=1S/C20H18N2O5/c1-12-16(19(25)27-11-13-5-3-2-4-6-13)17(22-20(26)21-12)14-7-9-15(10-8-14)18(23)24/h2-10,17H,11H2,1H3,(H,23,24)(H2,21,22,26)/t17-/m1/s1. The summed E-state index contributed by atoms with van der Waals surface area (Å²) in [5.74, 6) is -1.61. The molecule has 0 radical (unpaired) electrons. The van der Waals surface area contributed by atoms with Gasteiger partial charge in [-0.05, 0) is 30.2 Å². The number of hydrogen-bond acceptors (Lipinski definition) is 4. The van der Waals surface area contributed by atoms with Gasteiger partial charge in [0, 0.05) is 5.70 Å². The number of hydrogen-bond donors (Lipinski definition) is 3. The fourth-order valence-electron chi connectivity index (χ4n) is 2.83. The van der Waals surface area contributed by atoms with Gasteiger partial charge < -0.3 is 20.5 Å². The molecule has 0 bridgehead atoms. The fourth-order valence-corrected chi connectivity index (χ4v) is 2.83. The van der Waals surface area contributed by atoms with Crippen molar-refractivity contribution in [3.05, 3.63) is 82.6 Å². The van der Waals surface area contributed by atoms with E-state index in [9.17, 15) is 14.4 Å². The molecule has 138 valence electrons. The molecule has 3 N–H and O–H groups in total. The molecular formula is C20H18N2O5. The van der Waals surface area contributed by atoms with Gasteiger partial charge in [-0.25, -0.2) is 14.4 Å². The topological polar surface area (TPSA) is 105 Å². The molecule has 27 heavy (non-hydrogen) atoms. The highest BCUT2D eigenvalue weighted by molar-refractivity contribution is 5.95. The Morgan fingerprint density at radius 3 is 2.37 bits per heavy atom. The van der Waals surface area contributed by atoms with E-state index in [4.69, 9.17) is 9.84 Å². The molecule has 0 unspecified atom stereocenters. The predicted molar refractivity (Wildman–Crippen MR) is 96.7 cm³/mol. The van der Waals surface area contributed by atoms with Crippen LogP contribution in [0, 0.1) is 0 Å². The summed E-state index contributed by atoms with van der Waals surface area (Å²) in [7, 11) is 0. The monoisotopic (exact) mass is 366 g/mol. The van der Waals surface area contributed by atoms with Gasteiger partial charge in [-0.2, -0.15) is 0 Å². The number of benzene rings is 2. The molecular weight excluding hydrogens is 348 g/mol. The number of carbonyl (C=O) groups excluding carboxylic acids is 2. The van der Waals surface area contributed by atoms with E-state index in [1.54, 1.807) is 19.1 Å². The van der Waals surface area contributed by atoms with Gasteiger partial charge in [-0.15, -0.1) is 0 Å². The summed E-state index contributed by atoms with van der Waals surface area (Å²) >= 11 is 0. The van der Waals surface area contributed by atoms with Crippen LogP contribution in [-0.2, 0) is 16.1 Å². The Bertz CT molecular complexity index is 904. The Balaban J connectivity index is 1.85. The molecule has 0 aliphatic carbocycles. The van der Waals surface area contributed by atoms with Crippen LogP contribution in [0.1, 0.15) is 34.5 Å². The van der Waals surface area contributed by atoms with Crippen molar-refractivity contribution in [1.82, 2.24) is 10.6 Å². The van der Waals surface area contributed by atoms with E-state index in [-0.39, 0.29) is 17.7 Å². The summed E-state index contributed by atoms with van der Waals surface area (Å²) in [6.45, 7) is 1.73. The molecule has 1 aliphatic heterocycles. The molecule has 2 aromatic carbocycles. The van der Waals surface area contributed by atoms with Gasteiger partial charge in [0.15, 0.2) is 0 Å². The minimum Gasteiger partial charge on any atom is -0.478 e. The van der Waals surface area contributed by atoms with E-state index in [2.05, 4.69) is 10.6 Å². The lowest BCUT2D eigenvalue weighted by atomic mass is 9.95. The van der Waals surface area contributed by atoms with E-state index in [1.165, 1.54) is 12.1 Å². The van der Waals surface area contributed by atoms with Crippen molar-refractivity contribution in [2.45, 2.75) is 19.6 Å². The first-order valence-electron chi connectivity index (χ1n) is 8.28. The third kappa shape index (κ3) is 4.14. The summed E-state index contributed by atoms with van der Waals surface area (Å²) in [5.41, 5.74) is 2.21. The zero-order valence-corrected chi connectivity index (χ0v) is 14.6. The largest absolute Gasteiger partial charge is 0.478 e. The van der Waals surface area contributed by atoms with Crippen molar-refractivity contribution in [2.75, 3.05) is 0 Å². The summed E-state index contributed by atoms with van der Waals surface area (Å²) < 4.78 is 5.40. The number of carboxylic acid groups (broad SMARTS) is 1. The highest BCUT2D eigenvalue weighted by Crippen LogP contribution is 2.28. The lowest BCUT2D eigenvalue weighted by Crippen LogP contribution is -2.45. The maximum absolute atomic E-state index is 12.7. The number of ether oxygens (including phenoxy) is 1. The van der Waals surface area contributed by atoms with Crippen LogP contribution in [-0.4, -0.2) is 23.1 Å². The molecule has 0 fully saturated rings. The summed E-state index contributed by atoms with van der Waals surface area (Å²) in [6, 6.07) is 14.1. The number of esters is 1. The Kier molecular flexibility index (Phi) is 5.21. The minimum absolute atomic E-state index is 0.106. The molecule has 7 heteroatoms. The van der Waals surface area contributed by atoms with Crippen molar-refractivity contribution in [3.63, 3.8) is 0 Å². The van der Waals surface area contributed by atoms with Crippen LogP contribution >= 0.6 is 0 Å².